The fraction of sp³-hybridized carbons (Fsp3) is 0.500. The van der Waals surface area contributed by atoms with Gasteiger partial charge in [-0.25, -0.2) is 4.79 Å². The number of carbonyl (C=O) groups excluding carboxylic acids is 3. The fourth-order valence-corrected chi connectivity index (χ4v) is 2.74. The first-order chi connectivity index (χ1) is 14.3. The van der Waals surface area contributed by atoms with Gasteiger partial charge in [-0.15, -0.1) is 0 Å². The smallest absolute Gasteiger partial charge is 0.326 e. The number of rotatable bonds is 13. The molecular formula is C20H31N5O5. The van der Waals surface area contributed by atoms with Gasteiger partial charge in [0.1, 0.15) is 18.1 Å². The van der Waals surface area contributed by atoms with Gasteiger partial charge in [0.15, 0.2) is 0 Å². The predicted octanol–water partition coefficient (Wildman–Crippen LogP) is -1.12. The maximum Gasteiger partial charge on any atom is 0.326 e. The van der Waals surface area contributed by atoms with E-state index in [0.29, 0.717) is 19.4 Å². The average molecular weight is 421 g/mol. The lowest BCUT2D eigenvalue weighted by Crippen LogP contribution is -2.56. The number of amides is 3. The highest BCUT2D eigenvalue weighted by atomic mass is 16.4. The van der Waals surface area contributed by atoms with Crippen LogP contribution < -0.4 is 27.4 Å². The quantitative estimate of drug-likeness (QED) is 0.218. The van der Waals surface area contributed by atoms with E-state index >= 15 is 0 Å². The molecule has 0 aromatic heterocycles. The van der Waals surface area contributed by atoms with E-state index in [-0.39, 0.29) is 19.4 Å². The van der Waals surface area contributed by atoms with Crippen LogP contribution in [0.3, 0.4) is 0 Å². The van der Waals surface area contributed by atoms with Gasteiger partial charge in [-0.1, -0.05) is 30.3 Å². The number of nitrogens with one attached hydrogen (secondary N) is 3. The Bertz CT molecular complexity index is 713. The maximum atomic E-state index is 12.8. The molecule has 0 saturated carbocycles. The van der Waals surface area contributed by atoms with Crippen molar-refractivity contribution in [1.82, 2.24) is 16.0 Å². The molecule has 0 heterocycles. The Morgan fingerprint density at radius 3 is 2.13 bits per heavy atom. The lowest BCUT2D eigenvalue weighted by molar-refractivity contribution is -0.142. The lowest BCUT2D eigenvalue weighted by Gasteiger charge is -2.23. The summed E-state index contributed by atoms with van der Waals surface area (Å²) in [5.41, 5.74) is 11.5. The monoisotopic (exact) mass is 421 g/mol. The van der Waals surface area contributed by atoms with Crippen LogP contribution in [0.15, 0.2) is 30.3 Å². The third-order valence-electron chi connectivity index (χ3n) is 4.43. The van der Waals surface area contributed by atoms with Crippen LogP contribution in [-0.4, -0.2) is 60.0 Å². The summed E-state index contributed by atoms with van der Waals surface area (Å²) in [5.74, 6) is -2.87. The molecule has 0 aliphatic carbocycles. The van der Waals surface area contributed by atoms with Crippen LogP contribution >= 0.6 is 0 Å². The summed E-state index contributed by atoms with van der Waals surface area (Å²) in [6, 6.07) is 5.98. The van der Waals surface area contributed by atoms with Gasteiger partial charge in [0.2, 0.25) is 17.7 Å². The van der Waals surface area contributed by atoms with E-state index in [1.165, 1.54) is 6.92 Å². The highest BCUT2D eigenvalue weighted by molar-refractivity contribution is 5.93. The van der Waals surface area contributed by atoms with Gasteiger partial charge in [0.25, 0.3) is 0 Å². The molecule has 0 saturated heterocycles. The van der Waals surface area contributed by atoms with Crippen molar-refractivity contribution in [2.75, 3.05) is 13.1 Å². The van der Waals surface area contributed by atoms with Crippen molar-refractivity contribution >= 4 is 23.7 Å². The molecule has 0 aliphatic rings. The fourth-order valence-electron chi connectivity index (χ4n) is 2.74. The van der Waals surface area contributed by atoms with Crippen molar-refractivity contribution in [3.63, 3.8) is 0 Å². The van der Waals surface area contributed by atoms with E-state index in [1.54, 1.807) is 24.3 Å². The Morgan fingerprint density at radius 1 is 0.933 bits per heavy atom. The lowest BCUT2D eigenvalue weighted by atomic mass is 10.0. The van der Waals surface area contributed by atoms with Crippen molar-refractivity contribution in [3.05, 3.63) is 35.9 Å². The van der Waals surface area contributed by atoms with Gasteiger partial charge in [-0.3, -0.25) is 14.4 Å². The number of hydrogen-bond donors (Lipinski definition) is 6. The molecular weight excluding hydrogens is 390 g/mol. The Hall–Kier alpha value is -2.98. The van der Waals surface area contributed by atoms with E-state index in [9.17, 15) is 24.3 Å². The average Bonchev–Trinajstić information content (AvgIpc) is 2.72. The van der Waals surface area contributed by atoms with Crippen molar-refractivity contribution in [2.45, 2.75) is 50.7 Å². The topological polar surface area (TPSA) is 177 Å². The molecule has 3 atom stereocenters. The van der Waals surface area contributed by atoms with E-state index in [0.717, 1.165) is 5.56 Å². The van der Waals surface area contributed by atoms with Gasteiger partial charge in [-0.05, 0) is 38.3 Å². The predicted molar refractivity (Wildman–Crippen MR) is 111 cm³/mol. The Balaban J connectivity index is 2.90. The van der Waals surface area contributed by atoms with Crippen LogP contribution in [0.2, 0.25) is 0 Å². The van der Waals surface area contributed by atoms with Crippen LogP contribution in [0.5, 0.6) is 0 Å². The largest absolute Gasteiger partial charge is 0.480 e. The molecule has 8 N–H and O–H groups in total. The molecule has 3 amide bonds. The Labute approximate surface area is 175 Å². The molecule has 0 spiro atoms. The minimum Gasteiger partial charge on any atom is -0.480 e. The summed E-state index contributed by atoms with van der Waals surface area (Å²) in [4.78, 5) is 48.2. The number of benzene rings is 1. The van der Waals surface area contributed by atoms with Crippen molar-refractivity contribution in [1.29, 1.82) is 0 Å². The van der Waals surface area contributed by atoms with Crippen LogP contribution in [0.1, 0.15) is 31.7 Å². The summed E-state index contributed by atoms with van der Waals surface area (Å²) in [6.07, 6.45) is 1.58. The molecule has 0 bridgehead atoms. The molecule has 0 fully saturated rings. The van der Waals surface area contributed by atoms with Crippen LogP contribution in [0.25, 0.3) is 0 Å². The highest BCUT2D eigenvalue weighted by Crippen LogP contribution is 2.06. The molecule has 1 aromatic rings. The van der Waals surface area contributed by atoms with E-state index in [2.05, 4.69) is 16.0 Å². The SMILES string of the molecule is C[C@H](NC(=O)CN)C(=O)N[C@@H](Cc1ccccc1)C(=O)N[C@@H](CCCCN)C(=O)O. The molecule has 10 nitrogen and oxygen atoms in total. The normalized spacial score (nSPS) is 13.6. The molecule has 1 aromatic carbocycles. The third kappa shape index (κ3) is 9.01. The second-order valence-corrected chi connectivity index (χ2v) is 6.93. The summed E-state index contributed by atoms with van der Waals surface area (Å²) >= 11 is 0. The molecule has 0 unspecified atom stereocenters. The summed E-state index contributed by atoms with van der Waals surface area (Å²) in [7, 11) is 0. The zero-order valence-electron chi connectivity index (χ0n) is 17.1. The van der Waals surface area contributed by atoms with Crippen LogP contribution in [0, 0.1) is 0 Å². The van der Waals surface area contributed by atoms with Gasteiger partial charge in [0.05, 0.1) is 6.54 Å². The number of aliphatic carboxylic acids is 1. The Morgan fingerprint density at radius 2 is 1.57 bits per heavy atom. The third-order valence-corrected chi connectivity index (χ3v) is 4.43. The standard InChI is InChI=1S/C20H31N5O5/c1-13(23-17(26)12-22)18(27)25-16(11-14-7-3-2-4-8-14)19(28)24-15(20(29)30)9-5-6-10-21/h2-4,7-8,13,15-16H,5-6,9-12,21-22H2,1H3,(H,23,26)(H,24,28)(H,25,27)(H,29,30)/t13-,15-,16-/m0/s1. The molecule has 10 heteroatoms. The minimum atomic E-state index is -1.16. The van der Waals surface area contributed by atoms with Gasteiger partial charge in [-0.2, -0.15) is 0 Å². The molecule has 0 aliphatic heterocycles. The number of carboxylic acids is 1. The minimum absolute atomic E-state index is 0.158. The van der Waals surface area contributed by atoms with Crippen molar-refractivity contribution in [3.8, 4) is 0 Å². The Kier molecular flexibility index (Phi) is 11.1. The number of unbranched alkanes of at least 4 members (excludes halogenated alkanes) is 1. The van der Waals surface area contributed by atoms with Crippen molar-refractivity contribution in [2.24, 2.45) is 11.5 Å². The molecule has 30 heavy (non-hydrogen) atoms. The first kappa shape index (κ1) is 25.1. The first-order valence-electron chi connectivity index (χ1n) is 9.85. The van der Waals surface area contributed by atoms with Crippen molar-refractivity contribution < 1.29 is 24.3 Å². The summed E-state index contributed by atoms with van der Waals surface area (Å²) in [5, 5.41) is 16.9. The highest BCUT2D eigenvalue weighted by Gasteiger charge is 2.28. The maximum absolute atomic E-state index is 12.8. The van der Waals surface area contributed by atoms with E-state index in [1.807, 2.05) is 6.07 Å². The van der Waals surface area contributed by atoms with E-state index in [4.69, 9.17) is 11.5 Å². The summed E-state index contributed by atoms with van der Waals surface area (Å²) in [6.45, 7) is 1.63. The van der Waals surface area contributed by atoms with Crippen LogP contribution in [-0.2, 0) is 25.6 Å². The zero-order valence-corrected chi connectivity index (χ0v) is 17.1. The zero-order chi connectivity index (χ0) is 22.5. The molecule has 166 valence electrons. The van der Waals surface area contributed by atoms with Crippen LogP contribution in [0.4, 0.5) is 0 Å². The second kappa shape index (κ2) is 13.3. The summed E-state index contributed by atoms with van der Waals surface area (Å²) < 4.78 is 0. The number of carbonyl (C=O) groups is 4. The molecule has 1 rings (SSSR count). The number of hydrogen-bond acceptors (Lipinski definition) is 6. The second-order valence-electron chi connectivity index (χ2n) is 6.93. The number of nitrogens with two attached hydrogens (primary N) is 2. The molecule has 0 radical (unpaired) electrons. The van der Waals surface area contributed by atoms with Gasteiger partial charge >= 0.3 is 5.97 Å². The number of carboxylic acid groups (broad SMARTS) is 1. The van der Waals surface area contributed by atoms with Gasteiger partial charge < -0.3 is 32.5 Å². The first-order valence-corrected chi connectivity index (χ1v) is 9.85. The van der Waals surface area contributed by atoms with E-state index < -0.39 is 41.8 Å². The van der Waals surface area contributed by atoms with Gasteiger partial charge in [0, 0.05) is 6.42 Å².